The van der Waals surface area contributed by atoms with Gasteiger partial charge in [0.05, 0.1) is 7.11 Å². The number of benzene rings is 1. The van der Waals surface area contributed by atoms with Crippen LogP contribution in [0.5, 0.6) is 5.75 Å². The number of rotatable bonds is 5. The largest absolute Gasteiger partial charge is 0.497 e. The lowest BCUT2D eigenvalue weighted by Gasteiger charge is -2.31. The van der Waals surface area contributed by atoms with Crippen LogP contribution < -0.4 is 4.74 Å². The van der Waals surface area contributed by atoms with E-state index < -0.39 is 0 Å². The maximum absolute atomic E-state index is 5.19. The molecule has 27 heavy (non-hydrogen) atoms. The van der Waals surface area contributed by atoms with E-state index in [1.165, 1.54) is 0 Å². The zero-order valence-electron chi connectivity index (χ0n) is 15.6. The first-order chi connectivity index (χ1) is 13.2. The Hall–Kier alpha value is -2.80. The molecule has 7 nitrogen and oxygen atoms in total. The van der Waals surface area contributed by atoms with Gasteiger partial charge in [-0.1, -0.05) is 5.16 Å². The first-order valence-corrected chi connectivity index (χ1v) is 9.19. The van der Waals surface area contributed by atoms with Gasteiger partial charge in [-0.25, -0.2) is 9.97 Å². The van der Waals surface area contributed by atoms with Gasteiger partial charge in [-0.2, -0.15) is 4.98 Å². The van der Waals surface area contributed by atoms with Gasteiger partial charge in [-0.15, -0.1) is 0 Å². The van der Waals surface area contributed by atoms with Gasteiger partial charge in [0.1, 0.15) is 5.75 Å². The van der Waals surface area contributed by atoms with E-state index in [-0.39, 0.29) is 0 Å². The van der Waals surface area contributed by atoms with E-state index in [0.717, 1.165) is 61.0 Å². The minimum atomic E-state index is 0.329. The normalized spacial score (nSPS) is 17.8. The highest BCUT2D eigenvalue weighted by Gasteiger charge is 2.25. The van der Waals surface area contributed by atoms with Crippen molar-refractivity contribution in [2.45, 2.75) is 32.2 Å². The van der Waals surface area contributed by atoms with Gasteiger partial charge in [-0.3, -0.25) is 4.90 Å². The van der Waals surface area contributed by atoms with E-state index in [4.69, 9.17) is 9.26 Å². The van der Waals surface area contributed by atoms with Gasteiger partial charge < -0.3 is 9.26 Å². The number of aryl methyl sites for hydroxylation is 1. The van der Waals surface area contributed by atoms with Crippen molar-refractivity contribution >= 4 is 0 Å². The second kappa shape index (κ2) is 7.84. The molecular weight excluding hydrogens is 342 g/mol. The third kappa shape index (κ3) is 4.14. The molecule has 0 aliphatic carbocycles. The van der Waals surface area contributed by atoms with E-state index in [2.05, 4.69) is 25.0 Å². The summed E-state index contributed by atoms with van der Waals surface area (Å²) in [4.78, 5) is 15.9. The molecule has 1 atom stereocenters. The Labute approximate surface area is 158 Å². The van der Waals surface area contributed by atoms with Crippen molar-refractivity contribution in [2.75, 3.05) is 20.2 Å². The topological polar surface area (TPSA) is 77.2 Å². The number of likely N-dealkylation sites (tertiary alicyclic amines) is 1. The second-order valence-electron chi connectivity index (χ2n) is 6.89. The Balaban J connectivity index is 1.40. The maximum atomic E-state index is 5.19. The molecule has 0 N–H and O–H groups in total. The Morgan fingerprint density at radius 2 is 1.96 bits per heavy atom. The molecule has 0 saturated carbocycles. The fourth-order valence-corrected chi connectivity index (χ4v) is 3.47. The molecule has 1 aromatic carbocycles. The van der Waals surface area contributed by atoms with E-state index in [1.54, 1.807) is 7.11 Å². The second-order valence-corrected chi connectivity index (χ2v) is 6.89. The number of nitrogens with zero attached hydrogens (tertiary/aromatic N) is 5. The zero-order chi connectivity index (χ0) is 18.6. The third-order valence-corrected chi connectivity index (χ3v) is 4.87. The van der Waals surface area contributed by atoms with Crippen molar-refractivity contribution in [2.24, 2.45) is 0 Å². The number of hydrogen-bond donors (Lipinski definition) is 0. The lowest BCUT2D eigenvalue weighted by Crippen LogP contribution is -2.34. The number of piperidine rings is 1. The summed E-state index contributed by atoms with van der Waals surface area (Å²) in [7, 11) is 1.66. The van der Waals surface area contributed by atoms with Crippen LogP contribution in [-0.2, 0) is 6.54 Å². The van der Waals surface area contributed by atoms with Crippen LogP contribution in [-0.4, -0.2) is 45.2 Å². The molecule has 1 aliphatic heterocycles. The number of hydrogen-bond acceptors (Lipinski definition) is 7. The Kier molecular flexibility index (Phi) is 5.11. The Morgan fingerprint density at radius 1 is 1.19 bits per heavy atom. The summed E-state index contributed by atoms with van der Waals surface area (Å²) in [5.41, 5.74) is 2.09. The maximum Gasteiger partial charge on any atom is 0.223 e. The lowest BCUT2D eigenvalue weighted by atomic mass is 9.97. The monoisotopic (exact) mass is 365 g/mol. The molecule has 1 saturated heterocycles. The zero-order valence-corrected chi connectivity index (χ0v) is 15.6. The minimum Gasteiger partial charge on any atom is -0.497 e. The van der Waals surface area contributed by atoms with E-state index in [1.807, 2.05) is 43.6 Å². The van der Waals surface area contributed by atoms with Crippen LogP contribution in [0.4, 0.5) is 0 Å². The van der Waals surface area contributed by atoms with E-state index >= 15 is 0 Å². The quantitative estimate of drug-likeness (QED) is 0.687. The predicted molar refractivity (Wildman–Crippen MR) is 100 cm³/mol. The predicted octanol–water partition coefficient (Wildman–Crippen LogP) is 3.22. The highest BCUT2D eigenvalue weighted by molar-refractivity contribution is 5.55. The molecular formula is C20H23N5O2. The summed E-state index contributed by atoms with van der Waals surface area (Å²) < 4.78 is 10.3. The van der Waals surface area contributed by atoms with Crippen molar-refractivity contribution in [1.29, 1.82) is 0 Å². The van der Waals surface area contributed by atoms with Gasteiger partial charge >= 0.3 is 0 Å². The van der Waals surface area contributed by atoms with Crippen LogP contribution in [0.3, 0.4) is 0 Å². The number of aromatic nitrogens is 4. The SMILES string of the molecule is COc1ccc(-c2ncc(CN3CCCC(c4noc(C)n4)C3)cn2)cc1. The molecule has 140 valence electrons. The van der Waals surface area contributed by atoms with Gasteiger partial charge in [0.2, 0.25) is 5.89 Å². The van der Waals surface area contributed by atoms with Gasteiger partial charge in [-0.05, 0) is 43.7 Å². The third-order valence-electron chi connectivity index (χ3n) is 4.87. The fraction of sp³-hybridized carbons (Fsp3) is 0.400. The highest BCUT2D eigenvalue weighted by atomic mass is 16.5. The summed E-state index contributed by atoms with van der Waals surface area (Å²) >= 11 is 0. The van der Waals surface area contributed by atoms with Crippen molar-refractivity contribution < 1.29 is 9.26 Å². The molecule has 2 aromatic heterocycles. The summed E-state index contributed by atoms with van der Waals surface area (Å²) in [5, 5.41) is 4.09. The summed E-state index contributed by atoms with van der Waals surface area (Å²) in [5.74, 6) is 3.33. The molecule has 3 heterocycles. The summed E-state index contributed by atoms with van der Waals surface area (Å²) in [6.07, 6.45) is 6.05. The molecule has 3 aromatic rings. The Morgan fingerprint density at radius 3 is 2.63 bits per heavy atom. The summed E-state index contributed by atoms with van der Waals surface area (Å²) in [6, 6.07) is 7.77. The number of ether oxygens (including phenoxy) is 1. The van der Waals surface area contributed by atoms with Crippen LogP contribution in [0.2, 0.25) is 0 Å². The Bertz CT molecular complexity index is 876. The molecule has 1 fully saturated rings. The van der Waals surface area contributed by atoms with Gasteiger partial charge in [0.15, 0.2) is 11.6 Å². The minimum absolute atomic E-state index is 0.329. The molecule has 0 radical (unpaired) electrons. The van der Waals surface area contributed by atoms with Gasteiger partial charge in [0, 0.05) is 49.5 Å². The smallest absolute Gasteiger partial charge is 0.223 e. The molecule has 0 amide bonds. The van der Waals surface area contributed by atoms with Crippen LogP contribution >= 0.6 is 0 Å². The first-order valence-electron chi connectivity index (χ1n) is 9.19. The van der Waals surface area contributed by atoms with Crippen molar-refractivity contribution in [3.05, 3.63) is 53.9 Å². The number of methoxy groups -OCH3 is 1. The van der Waals surface area contributed by atoms with Crippen LogP contribution in [0, 0.1) is 6.92 Å². The molecule has 0 bridgehead atoms. The van der Waals surface area contributed by atoms with Crippen LogP contribution in [0.25, 0.3) is 11.4 Å². The standard InChI is InChI=1S/C20H23N5O2/c1-14-23-20(24-27-14)17-4-3-9-25(13-17)12-15-10-21-19(22-11-15)16-5-7-18(26-2)8-6-16/h5-8,10-11,17H,3-4,9,12-13H2,1-2H3. The average molecular weight is 365 g/mol. The fourth-order valence-electron chi connectivity index (χ4n) is 3.47. The molecule has 1 aliphatic rings. The van der Waals surface area contributed by atoms with Crippen molar-refractivity contribution in [3.63, 3.8) is 0 Å². The molecule has 0 spiro atoms. The first kappa shape index (κ1) is 17.6. The average Bonchev–Trinajstić information content (AvgIpc) is 3.15. The molecule has 4 rings (SSSR count). The van der Waals surface area contributed by atoms with Crippen molar-refractivity contribution in [1.82, 2.24) is 25.0 Å². The lowest BCUT2D eigenvalue weighted by molar-refractivity contribution is 0.194. The molecule has 7 heteroatoms. The van der Waals surface area contributed by atoms with Gasteiger partial charge in [0.25, 0.3) is 0 Å². The van der Waals surface area contributed by atoms with Crippen LogP contribution in [0.15, 0.2) is 41.2 Å². The van der Waals surface area contributed by atoms with E-state index in [0.29, 0.717) is 11.8 Å². The van der Waals surface area contributed by atoms with E-state index in [9.17, 15) is 0 Å². The highest BCUT2D eigenvalue weighted by Crippen LogP contribution is 2.26. The van der Waals surface area contributed by atoms with Crippen LogP contribution in [0.1, 0.15) is 36.0 Å². The van der Waals surface area contributed by atoms with Crippen molar-refractivity contribution in [3.8, 4) is 17.1 Å². The summed E-state index contributed by atoms with van der Waals surface area (Å²) in [6.45, 7) is 4.65. The molecule has 1 unspecified atom stereocenters.